The van der Waals surface area contributed by atoms with Crippen molar-refractivity contribution in [3.8, 4) is 0 Å². The van der Waals surface area contributed by atoms with Gasteiger partial charge >= 0.3 is 6.09 Å². The summed E-state index contributed by atoms with van der Waals surface area (Å²) < 4.78 is 26.1. The topological polar surface area (TPSA) is 83.9 Å². The molecule has 7 heteroatoms. The van der Waals surface area contributed by atoms with Crippen LogP contribution in [-0.4, -0.2) is 50.5 Å². The monoisotopic (exact) mass is 235 g/mol. The zero-order chi connectivity index (χ0) is 11.2. The maximum atomic E-state index is 10.7. The van der Waals surface area contributed by atoms with Gasteiger partial charge in [-0.1, -0.05) is 0 Å². The van der Waals surface area contributed by atoms with Crippen molar-refractivity contribution in [1.82, 2.24) is 4.90 Å². The first-order valence-electron chi connectivity index (χ1n) is 4.71. The second kappa shape index (κ2) is 3.34. The van der Waals surface area contributed by atoms with Crippen molar-refractivity contribution >= 4 is 16.2 Å². The summed E-state index contributed by atoms with van der Waals surface area (Å²) in [6.45, 7) is 1.22. The van der Waals surface area contributed by atoms with Gasteiger partial charge in [0.2, 0.25) is 0 Å². The molecule has 2 atom stereocenters. The third-order valence-corrected chi connectivity index (χ3v) is 3.68. The number of piperidine rings is 1. The molecule has 1 amide bonds. The minimum atomic E-state index is -3.37. The average Bonchev–Trinajstić information content (AvgIpc) is 2.55. The number of hydrogen-bond acceptors (Lipinski definition) is 4. The summed E-state index contributed by atoms with van der Waals surface area (Å²) in [5.74, 6) is 0.807. The minimum absolute atomic E-state index is 0.196. The summed E-state index contributed by atoms with van der Waals surface area (Å²) in [4.78, 5) is 12.0. The van der Waals surface area contributed by atoms with Crippen molar-refractivity contribution in [2.75, 3.05) is 26.0 Å². The largest absolute Gasteiger partial charge is 0.465 e. The van der Waals surface area contributed by atoms with Gasteiger partial charge in [-0.3, -0.25) is 4.18 Å². The Morgan fingerprint density at radius 3 is 2.40 bits per heavy atom. The van der Waals surface area contributed by atoms with Gasteiger partial charge in [-0.25, -0.2) is 4.79 Å². The Balaban J connectivity index is 1.78. The van der Waals surface area contributed by atoms with Gasteiger partial charge in [0.1, 0.15) is 0 Å². The van der Waals surface area contributed by atoms with E-state index in [1.165, 1.54) is 4.90 Å². The van der Waals surface area contributed by atoms with Crippen LogP contribution in [0, 0.1) is 17.8 Å². The second-order valence-electron chi connectivity index (χ2n) is 4.17. The maximum Gasteiger partial charge on any atom is 0.407 e. The SMILES string of the molecule is CS(=O)(=O)OCC1C2CN(C(=O)O)CC12. The smallest absolute Gasteiger partial charge is 0.407 e. The summed E-state index contributed by atoms with van der Waals surface area (Å²) in [5.41, 5.74) is 0. The van der Waals surface area contributed by atoms with E-state index in [4.69, 9.17) is 9.29 Å². The predicted octanol–water partition coefficient (Wildman–Crippen LogP) is -0.182. The van der Waals surface area contributed by atoms with Crippen molar-refractivity contribution in [3.05, 3.63) is 0 Å². The summed E-state index contributed by atoms with van der Waals surface area (Å²) >= 11 is 0. The lowest BCUT2D eigenvalue weighted by Crippen LogP contribution is -2.30. The Kier molecular flexibility index (Phi) is 2.38. The van der Waals surface area contributed by atoms with Crippen LogP contribution in [0.3, 0.4) is 0 Å². The fourth-order valence-corrected chi connectivity index (χ4v) is 2.66. The molecule has 0 bridgehead atoms. The normalized spacial score (nSPS) is 33.9. The number of amides is 1. The quantitative estimate of drug-likeness (QED) is 0.686. The lowest BCUT2D eigenvalue weighted by molar-refractivity contribution is 0.145. The van der Waals surface area contributed by atoms with E-state index in [1.807, 2.05) is 0 Å². The van der Waals surface area contributed by atoms with Crippen LogP contribution in [0.15, 0.2) is 0 Å². The molecule has 0 spiro atoms. The Hall–Kier alpha value is -0.820. The van der Waals surface area contributed by atoms with Crippen molar-refractivity contribution in [2.24, 2.45) is 17.8 Å². The molecule has 0 radical (unpaired) electrons. The molecule has 2 fully saturated rings. The molecule has 2 unspecified atom stereocenters. The number of nitrogens with zero attached hydrogens (tertiary/aromatic N) is 1. The highest BCUT2D eigenvalue weighted by molar-refractivity contribution is 7.85. The first-order valence-corrected chi connectivity index (χ1v) is 6.52. The van der Waals surface area contributed by atoms with Crippen molar-refractivity contribution in [2.45, 2.75) is 0 Å². The van der Waals surface area contributed by atoms with Gasteiger partial charge in [0.25, 0.3) is 10.1 Å². The van der Waals surface area contributed by atoms with Crippen molar-refractivity contribution in [3.63, 3.8) is 0 Å². The molecule has 1 saturated heterocycles. The van der Waals surface area contributed by atoms with E-state index in [2.05, 4.69) is 0 Å². The van der Waals surface area contributed by atoms with Crippen molar-refractivity contribution < 1.29 is 22.5 Å². The summed E-state index contributed by atoms with van der Waals surface area (Å²) in [5, 5.41) is 8.70. The highest BCUT2D eigenvalue weighted by Crippen LogP contribution is 2.51. The van der Waals surface area contributed by atoms with Crippen molar-refractivity contribution in [1.29, 1.82) is 0 Å². The molecule has 0 aromatic rings. The molecule has 86 valence electrons. The molecule has 2 rings (SSSR count). The van der Waals surface area contributed by atoms with Gasteiger partial charge < -0.3 is 10.0 Å². The lowest BCUT2D eigenvalue weighted by Gasteiger charge is -2.15. The molecule has 1 aliphatic carbocycles. The zero-order valence-corrected chi connectivity index (χ0v) is 9.11. The highest BCUT2D eigenvalue weighted by atomic mass is 32.2. The Bertz CT molecular complexity index is 366. The standard InChI is InChI=1S/C8H13NO5S/c1-15(12,13)14-4-7-5-2-9(8(10)11)3-6(5)7/h5-7H,2-4H2,1H3,(H,10,11). The Labute approximate surface area is 87.9 Å². The zero-order valence-electron chi connectivity index (χ0n) is 8.29. The lowest BCUT2D eigenvalue weighted by atomic mass is 10.3. The first kappa shape index (κ1) is 10.7. The second-order valence-corrected chi connectivity index (χ2v) is 5.81. The Morgan fingerprint density at radius 1 is 1.47 bits per heavy atom. The first-order chi connectivity index (χ1) is 6.88. The molecule has 1 heterocycles. The number of hydrogen-bond donors (Lipinski definition) is 1. The fraction of sp³-hybridized carbons (Fsp3) is 0.875. The minimum Gasteiger partial charge on any atom is -0.465 e. The maximum absolute atomic E-state index is 10.7. The highest BCUT2D eigenvalue weighted by Gasteiger charge is 2.56. The van der Waals surface area contributed by atoms with Crippen LogP contribution in [0.2, 0.25) is 0 Å². The molecular weight excluding hydrogens is 222 g/mol. The molecule has 6 nitrogen and oxygen atoms in total. The van der Waals surface area contributed by atoms with Gasteiger partial charge in [-0.2, -0.15) is 8.42 Å². The molecule has 15 heavy (non-hydrogen) atoms. The molecule has 2 aliphatic rings. The molecule has 0 aromatic heterocycles. The van der Waals surface area contributed by atoms with E-state index in [0.717, 1.165) is 6.26 Å². The Morgan fingerprint density at radius 2 is 2.00 bits per heavy atom. The van der Waals surface area contributed by atoms with Gasteiger partial charge in [0.05, 0.1) is 12.9 Å². The van der Waals surface area contributed by atoms with Crippen LogP contribution in [0.1, 0.15) is 0 Å². The number of carboxylic acid groups (broad SMARTS) is 1. The van der Waals surface area contributed by atoms with E-state index < -0.39 is 16.2 Å². The molecule has 1 N–H and O–H groups in total. The van der Waals surface area contributed by atoms with Crippen LogP contribution in [-0.2, 0) is 14.3 Å². The fourth-order valence-electron chi connectivity index (χ4n) is 2.25. The van der Waals surface area contributed by atoms with E-state index in [1.54, 1.807) is 0 Å². The van der Waals surface area contributed by atoms with Gasteiger partial charge in [0, 0.05) is 13.1 Å². The van der Waals surface area contributed by atoms with E-state index in [0.29, 0.717) is 24.9 Å². The number of fused-ring (bicyclic) bond motifs is 1. The molecule has 0 aromatic carbocycles. The average molecular weight is 235 g/mol. The van der Waals surface area contributed by atoms with Crippen LogP contribution < -0.4 is 0 Å². The number of rotatable bonds is 3. The summed E-state index contributed by atoms with van der Waals surface area (Å²) in [6.07, 6.45) is 0.124. The third-order valence-electron chi connectivity index (χ3n) is 3.12. The molecule has 1 aliphatic heterocycles. The summed E-state index contributed by atoms with van der Waals surface area (Å²) in [6, 6.07) is 0. The van der Waals surface area contributed by atoms with E-state index in [9.17, 15) is 13.2 Å². The van der Waals surface area contributed by atoms with Crippen LogP contribution in [0.25, 0.3) is 0 Å². The number of likely N-dealkylation sites (tertiary alicyclic amines) is 1. The molecular formula is C8H13NO5S. The predicted molar refractivity (Wildman–Crippen MR) is 50.9 cm³/mol. The van der Waals surface area contributed by atoms with Crippen LogP contribution >= 0.6 is 0 Å². The van der Waals surface area contributed by atoms with Crippen LogP contribution in [0.4, 0.5) is 4.79 Å². The van der Waals surface area contributed by atoms with Crippen LogP contribution in [0.5, 0.6) is 0 Å². The summed E-state index contributed by atoms with van der Waals surface area (Å²) in [7, 11) is -3.37. The van der Waals surface area contributed by atoms with E-state index in [-0.39, 0.29) is 12.5 Å². The molecule has 1 saturated carbocycles. The third kappa shape index (κ3) is 2.23. The van der Waals surface area contributed by atoms with Gasteiger partial charge in [0.15, 0.2) is 0 Å². The van der Waals surface area contributed by atoms with Gasteiger partial charge in [-0.05, 0) is 17.8 Å². The number of carbonyl (C=O) groups is 1. The van der Waals surface area contributed by atoms with Gasteiger partial charge in [-0.15, -0.1) is 0 Å². The van der Waals surface area contributed by atoms with E-state index >= 15 is 0 Å².